The summed E-state index contributed by atoms with van der Waals surface area (Å²) in [7, 11) is 3.46. The maximum absolute atomic E-state index is 11.7. The van der Waals surface area contributed by atoms with E-state index < -0.39 is 0 Å². The first kappa shape index (κ1) is 18.2. The molecule has 6 nitrogen and oxygen atoms in total. The Morgan fingerprint density at radius 2 is 1.95 bits per heavy atom. The van der Waals surface area contributed by atoms with E-state index in [-0.39, 0.29) is 5.56 Å². The summed E-state index contributed by atoms with van der Waals surface area (Å²) in [6.45, 7) is 5.14. The first-order chi connectivity index (χ1) is 10.7. The molecule has 0 aliphatic heterocycles. The van der Waals surface area contributed by atoms with Gasteiger partial charge in [-0.25, -0.2) is 0 Å². The Morgan fingerprint density at radius 1 is 1.23 bits per heavy atom. The van der Waals surface area contributed by atoms with Crippen molar-refractivity contribution in [1.82, 2.24) is 15.2 Å². The lowest BCUT2D eigenvalue weighted by atomic mass is 10.3. The lowest BCUT2D eigenvalue weighted by molar-refractivity contribution is 0.195. The fraction of sp³-hybridized carbons (Fsp3) is 0.625. The fourth-order valence-corrected chi connectivity index (χ4v) is 2.16. The average molecular weight is 308 g/mol. The zero-order chi connectivity index (χ0) is 16.2. The van der Waals surface area contributed by atoms with Crippen molar-refractivity contribution in [3.63, 3.8) is 0 Å². The van der Waals surface area contributed by atoms with Crippen LogP contribution in [0.15, 0.2) is 28.0 Å². The van der Waals surface area contributed by atoms with Gasteiger partial charge in [0.05, 0.1) is 0 Å². The van der Waals surface area contributed by atoms with Gasteiger partial charge in [-0.2, -0.15) is 0 Å². The second-order valence-corrected chi connectivity index (χ2v) is 5.14. The highest BCUT2D eigenvalue weighted by atomic mass is 16.5. The average Bonchev–Trinajstić information content (AvgIpc) is 2.51. The molecule has 0 spiro atoms. The van der Waals surface area contributed by atoms with Gasteiger partial charge in [-0.1, -0.05) is 6.07 Å². The van der Waals surface area contributed by atoms with Crippen molar-refractivity contribution >= 4 is 5.96 Å². The topological polar surface area (TPSA) is 67.7 Å². The van der Waals surface area contributed by atoms with Crippen molar-refractivity contribution in [2.45, 2.75) is 32.7 Å². The molecule has 2 N–H and O–H groups in total. The molecule has 124 valence electrons. The number of pyridine rings is 1. The molecule has 1 rings (SSSR count). The summed E-state index contributed by atoms with van der Waals surface area (Å²) in [5.41, 5.74) is 1.08. The second-order valence-electron chi connectivity index (χ2n) is 5.14. The van der Waals surface area contributed by atoms with Crippen molar-refractivity contribution in [2.24, 2.45) is 4.99 Å². The molecule has 0 aromatic carbocycles. The molecular formula is C16H28N4O2. The van der Waals surface area contributed by atoms with Gasteiger partial charge in [0.2, 0.25) is 0 Å². The van der Waals surface area contributed by atoms with Crippen LogP contribution in [0.1, 0.15) is 25.0 Å². The summed E-state index contributed by atoms with van der Waals surface area (Å²) < 4.78 is 6.82. The zero-order valence-corrected chi connectivity index (χ0v) is 13.9. The number of unbranched alkanes of at least 4 members (excludes halogenated alkanes) is 1. The summed E-state index contributed by atoms with van der Waals surface area (Å²) in [5.74, 6) is 0.809. The third kappa shape index (κ3) is 6.76. The van der Waals surface area contributed by atoms with E-state index in [1.165, 1.54) is 0 Å². The van der Waals surface area contributed by atoms with Crippen LogP contribution in [0.2, 0.25) is 0 Å². The third-order valence-electron chi connectivity index (χ3n) is 3.41. The van der Waals surface area contributed by atoms with Crippen molar-refractivity contribution in [3.05, 3.63) is 34.2 Å². The minimum absolute atomic E-state index is 0.0728. The van der Waals surface area contributed by atoms with Crippen LogP contribution in [0.4, 0.5) is 0 Å². The Bertz CT molecular complexity index is 511. The molecule has 1 aromatic rings. The van der Waals surface area contributed by atoms with Crippen LogP contribution in [-0.4, -0.2) is 44.4 Å². The van der Waals surface area contributed by atoms with Crippen LogP contribution in [0.25, 0.3) is 0 Å². The van der Waals surface area contributed by atoms with Crippen molar-refractivity contribution in [2.75, 3.05) is 33.9 Å². The Balaban J connectivity index is 2.20. The summed E-state index contributed by atoms with van der Waals surface area (Å²) in [6, 6.07) is 5.37. The molecule has 0 saturated carbocycles. The number of nitrogens with one attached hydrogen (secondary N) is 2. The molecule has 0 aliphatic rings. The van der Waals surface area contributed by atoms with Crippen LogP contribution < -0.4 is 16.2 Å². The first-order valence-corrected chi connectivity index (χ1v) is 7.79. The van der Waals surface area contributed by atoms with Crippen LogP contribution in [-0.2, 0) is 11.3 Å². The van der Waals surface area contributed by atoms with Gasteiger partial charge in [0, 0.05) is 52.2 Å². The number of aliphatic imine (C=N–C) groups is 1. The van der Waals surface area contributed by atoms with Crippen LogP contribution >= 0.6 is 0 Å². The number of hydrogen-bond donors (Lipinski definition) is 2. The quantitative estimate of drug-likeness (QED) is 0.408. The first-order valence-electron chi connectivity index (χ1n) is 7.79. The maximum Gasteiger partial charge on any atom is 0.250 e. The Morgan fingerprint density at radius 3 is 2.59 bits per heavy atom. The summed E-state index contributed by atoms with van der Waals surface area (Å²) in [4.78, 5) is 15.9. The predicted molar refractivity (Wildman–Crippen MR) is 90.5 cm³/mol. The number of methoxy groups -OCH3 is 1. The van der Waals surface area contributed by atoms with E-state index in [0.29, 0.717) is 0 Å². The molecule has 0 amide bonds. The number of aryl methyl sites for hydroxylation is 1. The minimum atomic E-state index is 0.0728. The largest absolute Gasteiger partial charge is 0.385 e. The van der Waals surface area contributed by atoms with E-state index in [4.69, 9.17) is 4.74 Å². The number of nitrogens with zero attached hydrogens (tertiary/aromatic N) is 2. The molecule has 0 saturated heterocycles. The maximum atomic E-state index is 11.7. The Kier molecular flexibility index (Phi) is 8.98. The Labute approximate surface area is 132 Å². The third-order valence-corrected chi connectivity index (χ3v) is 3.41. The predicted octanol–water partition coefficient (Wildman–Crippen LogP) is 1.14. The molecule has 0 bridgehead atoms. The van der Waals surface area contributed by atoms with Gasteiger partial charge in [0.25, 0.3) is 5.56 Å². The standard InChI is InChI=1S/C16H28N4O2/c1-14-8-6-9-15(21)20(14)12-5-4-10-18-16(17-2)19-11-7-13-22-3/h6,8-9H,4-5,7,10-13H2,1-3H3,(H2,17,18,19). The molecule has 0 radical (unpaired) electrons. The summed E-state index contributed by atoms with van der Waals surface area (Å²) in [5, 5.41) is 6.51. The normalized spacial score (nSPS) is 11.5. The highest BCUT2D eigenvalue weighted by Gasteiger charge is 2.00. The summed E-state index contributed by atoms with van der Waals surface area (Å²) >= 11 is 0. The monoisotopic (exact) mass is 308 g/mol. The molecule has 1 aromatic heterocycles. The molecule has 6 heteroatoms. The molecule has 22 heavy (non-hydrogen) atoms. The van der Waals surface area contributed by atoms with Gasteiger partial charge >= 0.3 is 0 Å². The minimum Gasteiger partial charge on any atom is -0.385 e. The highest BCUT2D eigenvalue weighted by Crippen LogP contribution is 1.97. The SMILES string of the molecule is CN=C(NCCCCn1c(C)cccc1=O)NCCCOC. The van der Waals surface area contributed by atoms with E-state index in [1.807, 2.05) is 17.6 Å². The fourth-order valence-electron chi connectivity index (χ4n) is 2.16. The number of rotatable bonds is 9. The van der Waals surface area contributed by atoms with Gasteiger partial charge < -0.3 is 19.9 Å². The molecule has 1 heterocycles. The van der Waals surface area contributed by atoms with E-state index in [1.54, 1.807) is 26.3 Å². The lowest BCUT2D eigenvalue weighted by Crippen LogP contribution is -2.38. The van der Waals surface area contributed by atoms with Crippen LogP contribution in [0.3, 0.4) is 0 Å². The number of hydrogen-bond acceptors (Lipinski definition) is 3. The van der Waals surface area contributed by atoms with Gasteiger partial charge in [0.1, 0.15) is 0 Å². The highest BCUT2D eigenvalue weighted by molar-refractivity contribution is 5.79. The van der Waals surface area contributed by atoms with Gasteiger partial charge in [-0.15, -0.1) is 0 Å². The molecule has 0 unspecified atom stereocenters. The van der Waals surface area contributed by atoms with Crippen molar-refractivity contribution in [3.8, 4) is 0 Å². The van der Waals surface area contributed by atoms with Gasteiger partial charge in [-0.05, 0) is 32.3 Å². The smallest absolute Gasteiger partial charge is 0.250 e. The lowest BCUT2D eigenvalue weighted by Gasteiger charge is -2.12. The Hall–Kier alpha value is -1.82. The molecule has 0 fully saturated rings. The van der Waals surface area contributed by atoms with E-state index >= 15 is 0 Å². The van der Waals surface area contributed by atoms with Gasteiger partial charge in [-0.3, -0.25) is 9.79 Å². The number of ether oxygens (including phenoxy) is 1. The van der Waals surface area contributed by atoms with Gasteiger partial charge in [0.15, 0.2) is 5.96 Å². The number of guanidine groups is 1. The summed E-state index contributed by atoms with van der Waals surface area (Å²) in [6.07, 6.45) is 2.89. The molecule has 0 aliphatic carbocycles. The van der Waals surface area contributed by atoms with Crippen LogP contribution in [0.5, 0.6) is 0 Å². The van der Waals surface area contributed by atoms with Crippen molar-refractivity contribution in [1.29, 1.82) is 0 Å². The number of aromatic nitrogens is 1. The molecule has 0 atom stereocenters. The van der Waals surface area contributed by atoms with E-state index in [2.05, 4.69) is 15.6 Å². The van der Waals surface area contributed by atoms with Crippen LogP contribution in [0, 0.1) is 6.92 Å². The second kappa shape index (κ2) is 10.8. The molecular weight excluding hydrogens is 280 g/mol. The zero-order valence-electron chi connectivity index (χ0n) is 13.9. The van der Waals surface area contributed by atoms with E-state index in [0.717, 1.165) is 57.2 Å². The van der Waals surface area contributed by atoms with E-state index in [9.17, 15) is 4.79 Å². The van der Waals surface area contributed by atoms with Crippen molar-refractivity contribution < 1.29 is 4.74 Å².